The largest absolute Gasteiger partial charge is 0.469 e. The van der Waals surface area contributed by atoms with Gasteiger partial charge in [-0.15, -0.1) is 0 Å². The summed E-state index contributed by atoms with van der Waals surface area (Å²) in [6.07, 6.45) is 12.2. The first-order valence-electron chi connectivity index (χ1n) is 7.02. The molecule has 0 aliphatic carbocycles. The van der Waals surface area contributed by atoms with Gasteiger partial charge >= 0.3 is 5.97 Å². The van der Waals surface area contributed by atoms with Gasteiger partial charge in [0.15, 0.2) is 6.29 Å². The lowest BCUT2D eigenvalue weighted by Gasteiger charge is -2.09. The van der Waals surface area contributed by atoms with Crippen LogP contribution < -0.4 is 0 Å². The molecule has 0 fully saturated rings. The Balaban J connectivity index is 3.26. The second kappa shape index (κ2) is 13.6. The fourth-order valence-corrected chi connectivity index (χ4v) is 1.78. The topological polar surface area (TPSA) is 44.8 Å². The Morgan fingerprint density at radius 3 is 2.21 bits per heavy atom. The highest BCUT2D eigenvalue weighted by atomic mass is 16.7. The predicted molar refractivity (Wildman–Crippen MR) is 75.9 cm³/mol. The average molecular weight is 272 g/mol. The Hall–Kier alpha value is -0.870. The molecule has 0 radical (unpaired) electrons. The number of methoxy groups -OCH3 is 3. The van der Waals surface area contributed by atoms with Crippen molar-refractivity contribution in [3.63, 3.8) is 0 Å². The Morgan fingerprint density at radius 1 is 0.947 bits per heavy atom. The van der Waals surface area contributed by atoms with E-state index in [2.05, 4.69) is 16.9 Å². The second-order valence-corrected chi connectivity index (χ2v) is 4.49. The van der Waals surface area contributed by atoms with Gasteiger partial charge in [0, 0.05) is 27.1 Å². The van der Waals surface area contributed by atoms with Crippen molar-refractivity contribution in [1.82, 2.24) is 0 Å². The first-order valence-corrected chi connectivity index (χ1v) is 7.02. The molecule has 0 spiro atoms. The third kappa shape index (κ3) is 11.9. The second-order valence-electron chi connectivity index (χ2n) is 4.49. The normalized spacial score (nSPS) is 11.4. The van der Waals surface area contributed by atoms with Crippen molar-refractivity contribution >= 4 is 5.97 Å². The molecule has 0 aromatic heterocycles. The van der Waals surface area contributed by atoms with Crippen LogP contribution in [0.3, 0.4) is 0 Å². The van der Waals surface area contributed by atoms with E-state index in [1.807, 2.05) is 0 Å². The van der Waals surface area contributed by atoms with Crippen LogP contribution in [0.15, 0.2) is 12.2 Å². The van der Waals surface area contributed by atoms with Gasteiger partial charge in [0.05, 0.1) is 7.11 Å². The molecule has 0 aliphatic rings. The molecule has 0 aromatic carbocycles. The van der Waals surface area contributed by atoms with Crippen LogP contribution in [-0.2, 0) is 19.0 Å². The van der Waals surface area contributed by atoms with Gasteiger partial charge in [-0.3, -0.25) is 4.79 Å². The smallest absolute Gasteiger partial charge is 0.305 e. The van der Waals surface area contributed by atoms with Crippen LogP contribution in [0.2, 0.25) is 0 Å². The average Bonchev–Trinajstić information content (AvgIpc) is 2.44. The van der Waals surface area contributed by atoms with E-state index in [0.29, 0.717) is 6.42 Å². The van der Waals surface area contributed by atoms with E-state index < -0.39 is 0 Å². The van der Waals surface area contributed by atoms with Gasteiger partial charge < -0.3 is 14.2 Å². The van der Waals surface area contributed by atoms with Crippen LogP contribution in [0.4, 0.5) is 0 Å². The van der Waals surface area contributed by atoms with Crippen LogP contribution in [0.25, 0.3) is 0 Å². The molecule has 112 valence electrons. The van der Waals surface area contributed by atoms with Crippen molar-refractivity contribution in [2.24, 2.45) is 0 Å². The van der Waals surface area contributed by atoms with Gasteiger partial charge in [-0.05, 0) is 19.3 Å². The van der Waals surface area contributed by atoms with E-state index in [1.165, 1.54) is 26.4 Å². The first-order chi connectivity index (χ1) is 9.24. The highest BCUT2D eigenvalue weighted by Gasteiger charge is 2.00. The lowest BCUT2D eigenvalue weighted by molar-refractivity contribution is -0.140. The molecule has 0 atom stereocenters. The number of esters is 1. The van der Waals surface area contributed by atoms with E-state index in [9.17, 15) is 4.79 Å². The molecule has 0 unspecified atom stereocenters. The molecule has 4 heteroatoms. The number of carbonyl (C=O) groups excluding carboxylic acids is 1. The summed E-state index contributed by atoms with van der Waals surface area (Å²) in [7, 11) is 4.74. The highest BCUT2D eigenvalue weighted by molar-refractivity contribution is 5.68. The number of ether oxygens (including phenoxy) is 3. The number of hydrogen-bond donors (Lipinski definition) is 0. The predicted octanol–water partition coefficient (Wildman–Crippen LogP) is 3.46. The molecular weight excluding hydrogens is 244 g/mol. The fraction of sp³-hybridized carbons (Fsp3) is 0.800. The van der Waals surface area contributed by atoms with Crippen molar-refractivity contribution in [2.75, 3.05) is 21.3 Å². The van der Waals surface area contributed by atoms with Crippen LogP contribution in [0, 0.1) is 0 Å². The molecular formula is C15H28O4. The van der Waals surface area contributed by atoms with E-state index in [1.54, 1.807) is 14.2 Å². The van der Waals surface area contributed by atoms with E-state index >= 15 is 0 Å². The first kappa shape index (κ1) is 18.1. The van der Waals surface area contributed by atoms with Crippen LogP contribution in [-0.4, -0.2) is 33.6 Å². The Bertz CT molecular complexity index is 234. The lowest BCUT2D eigenvalue weighted by Crippen LogP contribution is -2.10. The Morgan fingerprint density at radius 2 is 1.58 bits per heavy atom. The van der Waals surface area contributed by atoms with Gasteiger partial charge in [0.2, 0.25) is 0 Å². The minimum absolute atomic E-state index is 0.103. The van der Waals surface area contributed by atoms with Crippen LogP contribution in [0.5, 0.6) is 0 Å². The zero-order valence-electron chi connectivity index (χ0n) is 12.5. The Kier molecular flexibility index (Phi) is 12.9. The minimum Gasteiger partial charge on any atom is -0.469 e. The van der Waals surface area contributed by atoms with Gasteiger partial charge in [-0.1, -0.05) is 31.4 Å². The van der Waals surface area contributed by atoms with Gasteiger partial charge in [0.1, 0.15) is 0 Å². The minimum atomic E-state index is -0.130. The maximum absolute atomic E-state index is 10.9. The van der Waals surface area contributed by atoms with Crippen molar-refractivity contribution < 1.29 is 19.0 Å². The summed E-state index contributed by atoms with van der Waals surface area (Å²) in [4.78, 5) is 10.9. The van der Waals surface area contributed by atoms with Gasteiger partial charge in [-0.25, -0.2) is 0 Å². The summed E-state index contributed by atoms with van der Waals surface area (Å²) in [5.74, 6) is -0.103. The summed E-state index contributed by atoms with van der Waals surface area (Å²) in [5, 5.41) is 0. The van der Waals surface area contributed by atoms with Crippen LogP contribution in [0.1, 0.15) is 51.4 Å². The van der Waals surface area contributed by atoms with Crippen molar-refractivity contribution in [3.8, 4) is 0 Å². The van der Waals surface area contributed by atoms with E-state index in [4.69, 9.17) is 9.47 Å². The van der Waals surface area contributed by atoms with Gasteiger partial charge in [0.25, 0.3) is 0 Å². The third-order valence-electron chi connectivity index (χ3n) is 3.00. The van der Waals surface area contributed by atoms with Crippen LogP contribution >= 0.6 is 0 Å². The molecule has 0 aliphatic heterocycles. The number of unbranched alkanes of at least 4 members (excludes halogenated alkanes) is 5. The molecule has 0 N–H and O–H groups in total. The molecule has 0 saturated carbocycles. The Labute approximate surface area is 117 Å². The number of hydrogen-bond acceptors (Lipinski definition) is 4. The molecule has 0 saturated heterocycles. The van der Waals surface area contributed by atoms with Crippen molar-refractivity contribution in [3.05, 3.63) is 12.2 Å². The summed E-state index contributed by atoms with van der Waals surface area (Å²) >= 11 is 0. The molecule has 19 heavy (non-hydrogen) atoms. The zero-order chi connectivity index (χ0) is 14.3. The van der Waals surface area contributed by atoms with E-state index in [0.717, 1.165) is 25.7 Å². The quantitative estimate of drug-likeness (QED) is 0.236. The summed E-state index contributed by atoms with van der Waals surface area (Å²) in [6, 6.07) is 0. The standard InChI is InChI=1S/C15H28O4/c1-17-14(16)12-10-8-6-4-5-7-9-11-13-15(18-2)19-3/h9,11,15H,4-8,10,12-13H2,1-3H3/b11-9+. The maximum atomic E-state index is 10.9. The number of allylic oxidation sites excluding steroid dienone is 1. The summed E-state index contributed by atoms with van der Waals surface area (Å²) in [6.45, 7) is 0. The molecule has 0 rings (SSSR count). The highest BCUT2D eigenvalue weighted by Crippen LogP contribution is 2.08. The number of rotatable bonds is 12. The monoisotopic (exact) mass is 272 g/mol. The summed E-state index contributed by atoms with van der Waals surface area (Å²) < 4.78 is 14.8. The molecule has 0 aromatic rings. The maximum Gasteiger partial charge on any atom is 0.305 e. The number of carbonyl (C=O) groups is 1. The molecule has 0 heterocycles. The zero-order valence-corrected chi connectivity index (χ0v) is 12.5. The molecule has 0 bridgehead atoms. The molecule has 0 amide bonds. The molecule has 4 nitrogen and oxygen atoms in total. The third-order valence-corrected chi connectivity index (χ3v) is 3.00. The SMILES string of the molecule is COC(=O)CCCCCCC/C=C/CC(OC)OC. The van der Waals surface area contributed by atoms with Gasteiger partial charge in [-0.2, -0.15) is 0 Å². The van der Waals surface area contributed by atoms with Crippen molar-refractivity contribution in [2.45, 2.75) is 57.7 Å². The fourth-order valence-electron chi connectivity index (χ4n) is 1.78. The van der Waals surface area contributed by atoms with E-state index in [-0.39, 0.29) is 12.3 Å². The van der Waals surface area contributed by atoms with Crippen molar-refractivity contribution in [1.29, 1.82) is 0 Å². The summed E-state index contributed by atoms with van der Waals surface area (Å²) in [5.41, 5.74) is 0. The lowest BCUT2D eigenvalue weighted by atomic mass is 10.1.